The van der Waals surface area contributed by atoms with E-state index in [2.05, 4.69) is 12.7 Å². The standard InChI is InChI=1S/C9H9O.3CH2O.Mn/c1-3-9(10)8-6-4-5-7(8)2;3*1-2;/h3,5H,1,4H2,2H3;3*1H2;/q-1;;;;. The van der Waals surface area contributed by atoms with Gasteiger partial charge >= 0.3 is 0 Å². The maximum absolute atomic E-state index is 11.0. The summed E-state index contributed by atoms with van der Waals surface area (Å²) in [6, 6.07) is 0. The summed E-state index contributed by atoms with van der Waals surface area (Å²) in [6.45, 7) is 11.3. The molecule has 4 nitrogen and oxygen atoms in total. The molecule has 0 saturated heterocycles. The Morgan fingerprint density at radius 1 is 1.24 bits per heavy atom. The molecule has 0 fully saturated rings. The maximum Gasteiger partial charge on any atom is 0.106 e. The van der Waals surface area contributed by atoms with E-state index in [1.165, 1.54) is 6.08 Å². The van der Waals surface area contributed by atoms with Gasteiger partial charge in [-0.3, -0.25) is 0 Å². The SMILES string of the molecule is C=CC(=O)C1=[C-]CC=C1C.C=O.C=O.C=O.[Mn]. The molecule has 0 spiro atoms. The Balaban J connectivity index is -0.000000106. The molecule has 1 rings (SSSR count). The van der Waals surface area contributed by atoms with Gasteiger partial charge in [0.15, 0.2) is 0 Å². The van der Waals surface area contributed by atoms with Crippen LogP contribution in [-0.4, -0.2) is 26.2 Å². The van der Waals surface area contributed by atoms with E-state index in [0.717, 1.165) is 12.0 Å². The molecule has 0 atom stereocenters. The average molecular weight is 278 g/mol. The van der Waals surface area contributed by atoms with Crippen LogP contribution in [0.5, 0.6) is 0 Å². The molecule has 0 aromatic carbocycles. The molecule has 0 aromatic heterocycles. The third-order valence-electron chi connectivity index (χ3n) is 1.51. The Hall–Kier alpha value is -1.58. The topological polar surface area (TPSA) is 68.3 Å². The summed E-state index contributed by atoms with van der Waals surface area (Å²) in [4.78, 5) is 35.0. The molecule has 0 bridgehead atoms. The molecule has 0 aliphatic heterocycles. The van der Waals surface area contributed by atoms with Gasteiger partial charge in [0, 0.05) is 17.1 Å². The summed E-state index contributed by atoms with van der Waals surface area (Å²) in [5, 5.41) is 0. The number of ketones is 1. The molecule has 0 aromatic rings. The number of carbonyl (C=O) groups excluding carboxylic acids is 4. The number of carbonyl (C=O) groups is 4. The molecule has 0 heterocycles. The molecule has 0 N–H and O–H groups in total. The van der Waals surface area contributed by atoms with Gasteiger partial charge in [0.05, 0.1) is 5.78 Å². The Morgan fingerprint density at radius 3 is 1.88 bits per heavy atom. The van der Waals surface area contributed by atoms with E-state index in [0.29, 0.717) is 5.57 Å². The molecular weight excluding hydrogens is 263 g/mol. The molecule has 1 aliphatic carbocycles. The van der Waals surface area contributed by atoms with Gasteiger partial charge in [-0.2, -0.15) is 11.6 Å². The Kier molecular flexibility index (Phi) is 28.8. The van der Waals surface area contributed by atoms with Crippen LogP contribution in [0.25, 0.3) is 0 Å². The summed E-state index contributed by atoms with van der Waals surface area (Å²) < 4.78 is 0. The molecule has 1 aliphatic rings. The summed E-state index contributed by atoms with van der Waals surface area (Å²) in [7, 11) is 0. The Labute approximate surface area is 112 Å². The zero-order valence-corrected chi connectivity index (χ0v) is 10.9. The summed E-state index contributed by atoms with van der Waals surface area (Å²) in [6.07, 6.45) is 7.03. The first-order chi connectivity index (χ1) is 7.75. The van der Waals surface area contributed by atoms with Crippen LogP contribution in [0, 0.1) is 6.08 Å². The normalized spacial score (nSPS) is 10.2. The fourth-order valence-corrected chi connectivity index (χ4v) is 0.931. The van der Waals surface area contributed by atoms with E-state index in [1.54, 1.807) is 0 Å². The first-order valence-corrected chi connectivity index (χ1v) is 4.07. The Morgan fingerprint density at radius 2 is 1.65 bits per heavy atom. The van der Waals surface area contributed by atoms with Crippen LogP contribution in [0.4, 0.5) is 0 Å². The van der Waals surface area contributed by atoms with Crippen molar-refractivity contribution < 1.29 is 36.2 Å². The minimum Gasteiger partial charge on any atom is -0.366 e. The van der Waals surface area contributed by atoms with Gasteiger partial charge in [-0.05, 0) is 0 Å². The van der Waals surface area contributed by atoms with Crippen molar-refractivity contribution in [1.29, 1.82) is 0 Å². The molecule has 5 heteroatoms. The summed E-state index contributed by atoms with van der Waals surface area (Å²) in [5.74, 6) is -0.0220. The monoisotopic (exact) mass is 278 g/mol. The molecular formula is C12H15MnO4-. The van der Waals surface area contributed by atoms with Crippen LogP contribution >= 0.6 is 0 Å². The zero-order chi connectivity index (χ0) is 13.6. The van der Waals surface area contributed by atoms with Gasteiger partial charge < -0.3 is 19.2 Å². The van der Waals surface area contributed by atoms with Gasteiger partial charge in [0.1, 0.15) is 20.4 Å². The molecule has 0 saturated carbocycles. The van der Waals surface area contributed by atoms with Crippen molar-refractivity contribution >= 4 is 26.2 Å². The summed E-state index contributed by atoms with van der Waals surface area (Å²) in [5.41, 5.74) is 1.71. The quantitative estimate of drug-likeness (QED) is 0.433. The van der Waals surface area contributed by atoms with Crippen LogP contribution < -0.4 is 0 Å². The van der Waals surface area contributed by atoms with Crippen LogP contribution in [0.1, 0.15) is 13.3 Å². The van der Waals surface area contributed by atoms with Crippen molar-refractivity contribution in [3.63, 3.8) is 0 Å². The van der Waals surface area contributed by atoms with Crippen LogP contribution in [-0.2, 0) is 36.2 Å². The van der Waals surface area contributed by atoms with E-state index in [4.69, 9.17) is 14.4 Å². The second-order valence-electron chi connectivity index (χ2n) is 2.21. The van der Waals surface area contributed by atoms with Gasteiger partial charge in [-0.15, -0.1) is 18.2 Å². The molecule has 0 unspecified atom stereocenters. The predicted molar refractivity (Wildman–Crippen MR) is 61.7 cm³/mol. The number of rotatable bonds is 2. The van der Waals surface area contributed by atoms with Gasteiger partial charge in [-0.25, -0.2) is 0 Å². The summed E-state index contributed by atoms with van der Waals surface area (Å²) >= 11 is 0. The smallest absolute Gasteiger partial charge is 0.106 e. The maximum atomic E-state index is 11.0. The minimum absolute atomic E-state index is 0. The van der Waals surface area contributed by atoms with Crippen LogP contribution in [0.15, 0.2) is 29.9 Å². The van der Waals surface area contributed by atoms with E-state index in [9.17, 15) is 4.79 Å². The van der Waals surface area contributed by atoms with E-state index in [1.807, 2.05) is 33.4 Å². The Bertz CT molecular complexity index is 277. The van der Waals surface area contributed by atoms with Gasteiger partial charge in [0.2, 0.25) is 0 Å². The number of allylic oxidation sites excluding steroid dienone is 5. The largest absolute Gasteiger partial charge is 0.366 e. The molecule has 95 valence electrons. The average Bonchev–Trinajstić information content (AvgIpc) is 2.82. The van der Waals surface area contributed by atoms with E-state index in [-0.39, 0.29) is 22.9 Å². The number of hydrogen-bond donors (Lipinski definition) is 0. The molecule has 0 amide bonds. The van der Waals surface area contributed by atoms with Crippen molar-refractivity contribution in [2.75, 3.05) is 0 Å². The number of hydrogen-bond acceptors (Lipinski definition) is 4. The first-order valence-electron chi connectivity index (χ1n) is 4.07. The zero-order valence-electron chi connectivity index (χ0n) is 9.70. The predicted octanol–water partition coefficient (Wildman–Crippen LogP) is 1.26. The van der Waals surface area contributed by atoms with E-state index < -0.39 is 0 Å². The van der Waals surface area contributed by atoms with Crippen LogP contribution in [0.3, 0.4) is 0 Å². The minimum atomic E-state index is -0.0220. The second-order valence-corrected chi connectivity index (χ2v) is 2.21. The third-order valence-corrected chi connectivity index (χ3v) is 1.51. The second kappa shape index (κ2) is 19.9. The van der Waals surface area contributed by atoms with Crippen molar-refractivity contribution in [2.45, 2.75) is 13.3 Å². The molecule has 1 radical (unpaired) electrons. The van der Waals surface area contributed by atoms with Crippen molar-refractivity contribution in [2.24, 2.45) is 0 Å². The first kappa shape index (κ1) is 24.6. The molecule has 17 heavy (non-hydrogen) atoms. The van der Waals surface area contributed by atoms with Crippen molar-refractivity contribution in [3.8, 4) is 0 Å². The fourth-order valence-electron chi connectivity index (χ4n) is 0.931. The van der Waals surface area contributed by atoms with Gasteiger partial charge in [-0.1, -0.05) is 19.4 Å². The van der Waals surface area contributed by atoms with Gasteiger partial charge in [0.25, 0.3) is 0 Å². The fraction of sp³-hybridized carbons (Fsp3) is 0.167. The van der Waals surface area contributed by atoms with Crippen molar-refractivity contribution in [1.82, 2.24) is 0 Å². The van der Waals surface area contributed by atoms with Crippen molar-refractivity contribution in [3.05, 3.63) is 36.0 Å². The van der Waals surface area contributed by atoms with Crippen LogP contribution in [0.2, 0.25) is 0 Å². The van der Waals surface area contributed by atoms with E-state index >= 15 is 0 Å². The third kappa shape index (κ3) is 10.7.